The first kappa shape index (κ1) is 23.0. The molecule has 2 atom stereocenters. The Kier molecular flexibility index (Phi) is 6.14. The van der Waals surface area contributed by atoms with Gasteiger partial charge in [0.15, 0.2) is 12.0 Å². The van der Waals surface area contributed by atoms with Crippen LogP contribution < -0.4 is 4.90 Å². The van der Waals surface area contributed by atoms with Gasteiger partial charge in [-0.15, -0.1) is 0 Å². The molecule has 1 aromatic heterocycles. The second-order valence-corrected chi connectivity index (χ2v) is 9.36. The maximum absolute atomic E-state index is 13.6. The fourth-order valence-electron chi connectivity index (χ4n) is 4.78. The Morgan fingerprint density at radius 2 is 2.12 bits per heavy atom. The van der Waals surface area contributed by atoms with E-state index in [1.807, 2.05) is 16.8 Å². The lowest BCUT2D eigenvalue weighted by molar-refractivity contribution is -0.147. The minimum atomic E-state index is -2.09. The molecule has 0 spiro atoms. The van der Waals surface area contributed by atoms with E-state index in [4.69, 9.17) is 16.3 Å². The number of amides is 1. The van der Waals surface area contributed by atoms with Crippen LogP contribution in [0.25, 0.3) is 10.9 Å². The van der Waals surface area contributed by atoms with Crippen molar-refractivity contribution >= 4 is 39.9 Å². The van der Waals surface area contributed by atoms with Crippen molar-refractivity contribution in [3.8, 4) is 0 Å². The van der Waals surface area contributed by atoms with Crippen molar-refractivity contribution in [2.75, 3.05) is 18.1 Å². The van der Waals surface area contributed by atoms with Crippen LogP contribution in [-0.4, -0.2) is 45.3 Å². The van der Waals surface area contributed by atoms with Crippen LogP contribution in [0.4, 0.5) is 10.1 Å². The molecule has 178 valence electrons. The number of anilines is 1. The summed E-state index contributed by atoms with van der Waals surface area (Å²) in [7, 11) is 0. The van der Waals surface area contributed by atoms with Crippen molar-refractivity contribution in [3.63, 3.8) is 0 Å². The highest BCUT2D eigenvalue weighted by molar-refractivity contribution is 6.30. The van der Waals surface area contributed by atoms with Crippen molar-refractivity contribution in [1.82, 2.24) is 9.78 Å². The van der Waals surface area contributed by atoms with Crippen LogP contribution in [-0.2, 0) is 20.7 Å². The van der Waals surface area contributed by atoms with Crippen LogP contribution in [0.15, 0.2) is 42.6 Å². The molecular weight excluding hydrogens is 461 g/mol. The van der Waals surface area contributed by atoms with Crippen molar-refractivity contribution in [1.29, 1.82) is 0 Å². The van der Waals surface area contributed by atoms with Gasteiger partial charge in [0.25, 0.3) is 5.91 Å². The van der Waals surface area contributed by atoms with Crippen LogP contribution >= 0.6 is 11.6 Å². The lowest BCUT2D eigenvalue weighted by Crippen LogP contribution is -2.47. The number of ketones is 1. The molecule has 0 radical (unpaired) electrons. The summed E-state index contributed by atoms with van der Waals surface area (Å²) in [5.74, 6) is -1.72. The number of ether oxygens (including phenoxy) is 1. The molecule has 2 aliphatic heterocycles. The Morgan fingerprint density at radius 3 is 2.88 bits per heavy atom. The second kappa shape index (κ2) is 9.09. The topological polar surface area (TPSA) is 84.7 Å². The molecule has 0 aliphatic carbocycles. The molecule has 1 amide bonds. The predicted octanol–water partition coefficient (Wildman–Crippen LogP) is 4.20. The average Bonchev–Trinajstić information content (AvgIpc) is 3.38. The Balaban J connectivity index is 1.30. The van der Waals surface area contributed by atoms with Gasteiger partial charge in [-0.3, -0.25) is 9.59 Å². The molecule has 2 saturated heterocycles. The number of carbonyl (C=O) groups excluding carboxylic acids is 2. The third-order valence-corrected chi connectivity index (χ3v) is 6.86. The van der Waals surface area contributed by atoms with Gasteiger partial charge in [-0.2, -0.15) is 5.10 Å². The largest absolute Gasteiger partial charge is 0.373 e. The summed E-state index contributed by atoms with van der Waals surface area (Å²) < 4.78 is 21.3. The van der Waals surface area contributed by atoms with E-state index >= 15 is 0 Å². The average molecular weight is 486 g/mol. The molecule has 3 aromatic rings. The van der Waals surface area contributed by atoms with Crippen LogP contribution in [0, 0.1) is 5.82 Å². The number of Topliss-reactive ketones (excluding diaryl/α,β-unsaturated/α-hetero) is 1. The molecule has 2 aromatic carbocycles. The lowest BCUT2D eigenvalue weighted by Gasteiger charge is -2.24. The number of aromatic nitrogens is 2. The zero-order valence-corrected chi connectivity index (χ0v) is 19.3. The van der Waals surface area contributed by atoms with Crippen molar-refractivity contribution in [3.05, 3.63) is 59.0 Å². The quantitative estimate of drug-likeness (QED) is 0.529. The lowest BCUT2D eigenvalue weighted by atomic mass is 9.92. The van der Waals surface area contributed by atoms with E-state index in [0.29, 0.717) is 17.9 Å². The van der Waals surface area contributed by atoms with E-state index in [-0.39, 0.29) is 37.1 Å². The van der Waals surface area contributed by atoms with Gasteiger partial charge >= 0.3 is 0 Å². The van der Waals surface area contributed by atoms with Crippen molar-refractivity contribution in [2.24, 2.45) is 0 Å². The number of hydrogen-bond donors (Lipinski definition) is 1. The number of halogens is 2. The monoisotopic (exact) mass is 485 g/mol. The van der Waals surface area contributed by atoms with Gasteiger partial charge in [-0.05, 0) is 67.6 Å². The molecule has 3 heterocycles. The van der Waals surface area contributed by atoms with Crippen LogP contribution in [0.2, 0.25) is 5.02 Å². The summed E-state index contributed by atoms with van der Waals surface area (Å²) in [6, 6.07) is 9.56. The molecule has 2 aliphatic rings. The van der Waals surface area contributed by atoms with Gasteiger partial charge in [0.05, 0.1) is 11.7 Å². The molecule has 34 heavy (non-hydrogen) atoms. The Hall–Kier alpha value is -2.81. The van der Waals surface area contributed by atoms with E-state index in [2.05, 4.69) is 5.10 Å². The van der Waals surface area contributed by atoms with Gasteiger partial charge in [-0.25, -0.2) is 9.07 Å². The first-order valence-corrected chi connectivity index (χ1v) is 11.8. The first-order valence-electron chi connectivity index (χ1n) is 11.5. The summed E-state index contributed by atoms with van der Waals surface area (Å²) in [6.07, 6.45) is 4.77. The van der Waals surface area contributed by atoms with E-state index in [1.165, 1.54) is 17.0 Å². The number of benzene rings is 2. The second-order valence-electron chi connectivity index (χ2n) is 8.92. The highest BCUT2D eigenvalue weighted by atomic mass is 35.5. The highest BCUT2D eigenvalue weighted by Gasteiger charge is 2.50. The van der Waals surface area contributed by atoms with Gasteiger partial charge in [-0.1, -0.05) is 11.6 Å². The number of nitrogens with zero attached hydrogens (tertiary/aromatic N) is 3. The summed E-state index contributed by atoms with van der Waals surface area (Å²) in [6.45, 7) is 0.934. The standard InChI is InChI=1S/C25H25ClFN3O4/c26-18-11-16(12-19(27)14-18)4-7-22(31)25(33)8-9-29(24(25)32)20-5-6-21-17(13-20)15-28-30(21)23-3-1-2-10-34-23/h5-6,11-15,23,33H,1-4,7-10H2. The number of hydrogen-bond acceptors (Lipinski definition) is 5. The van der Waals surface area contributed by atoms with E-state index < -0.39 is 23.1 Å². The molecule has 0 bridgehead atoms. The molecule has 7 nitrogen and oxygen atoms in total. The van der Waals surface area contributed by atoms with E-state index in [1.54, 1.807) is 18.3 Å². The molecule has 9 heteroatoms. The molecule has 0 saturated carbocycles. The molecule has 1 N–H and O–H groups in total. The third kappa shape index (κ3) is 4.21. The van der Waals surface area contributed by atoms with Gasteiger partial charge < -0.3 is 14.7 Å². The Labute approximate surface area is 201 Å². The zero-order valence-electron chi connectivity index (χ0n) is 18.5. The maximum atomic E-state index is 13.6. The van der Waals surface area contributed by atoms with E-state index in [0.717, 1.165) is 30.2 Å². The summed E-state index contributed by atoms with van der Waals surface area (Å²) in [4.78, 5) is 27.4. The zero-order chi connectivity index (χ0) is 23.9. The Bertz CT molecular complexity index is 1240. The summed E-state index contributed by atoms with van der Waals surface area (Å²) in [5.41, 5.74) is -0.0510. The van der Waals surface area contributed by atoms with Gasteiger partial charge in [0.2, 0.25) is 5.60 Å². The first-order chi connectivity index (χ1) is 16.3. The smallest absolute Gasteiger partial charge is 0.266 e. The minimum absolute atomic E-state index is 0.00177. The fourth-order valence-corrected chi connectivity index (χ4v) is 5.03. The number of aryl methyl sites for hydroxylation is 1. The SMILES string of the molecule is O=C(CCc1cc(F)cc(Cl)c1)C1(O)CCN(c2ccc3c(cnn3C3CCCCO3)c2)C1=O. The van der Waals surface area contributed by atoms with Gasteiger partial charge in [0, 0.05) is 42.1 Å². The van der Waals surface area contributed by atoms with Gasteiger partial charge in [0.1, 0.15) is 5.82 Å². The van der Waals surface area contributed by atoms with E-state index in [9.17, 15) is 19.1 Å². The van der Waals surface area contributed by atoms with Crippen LogP contribution in [0.3, 0.4) is 0 Å². The molecule has 2 unspecified atom stereocenters. The normalized spacial score (nSPS) is 23.1. The maximum Gasteiger partial charge on any atom is 0.266 e. The molecule has 2 fully saturated rings. The number of fused-ring (bicyclic) bond motifs is 1. The van der Waals surface area contributed by atoms with Crippen LogP contribution in [0.5, 0.6) is 0 Å². The van der Waals surface area contributed by atoms with Crippen LogP contribution in [0.1, 0.15) is 43.9 Å². The Morgan fingerprint density at radius 1 is 1.26 bits per heavy atom. The minimum Gasteiger partial charge on any atom is -0.373 e. The summed E-state index contributed by atoms with van der Waals surface area (Å²) in [5, 5.41) is 16.5. The summed E-state index contributed by atoms with van der Waals surface area (Å²) >= 11 is 5.87. The molecular formula is C25H25ClFN3O4. The number of carbonyl (C=O) groups is 2. The number of aliphatic hydroxyl groups is 1. The van der Waals surface area contributed by atoms with Crippen molar-refractivity contribution < 1.29 is 23.8 Å². The van der Waals surface area contributed by atoms with Crippen molar-refractivity contribution in [2.45, 2.75) is 50.4 Å². The fraction of sp³-hybridized carbons (Fsp3) is 0.400. The third-order valence-electron chi connectivity index (χ3n) is 6.64. The number of rotatable bonds is 6. The highest BCUT2D eigenvalue weighted by Crippen LogP contribution is 2.33. The molecule has 5 rings (SSSR count). The predicted molar refractivity (Wildman–Crippen MR) is 125 cm³/mol.